The van der Waals surface area contributed by atoms with Gasteiger partial charge in [0.05, 0.1) is 16.3 Å². The van der Waals surface area contributed by atoms with Gasteiger partial charge in [-0.15, -0.1) is 0 Å². The van der Waals surface area contributed by atoms with Crippen molar-refractivity contribution >= 4 is 46.9 Å². The van der Waals surface area contributed by atoms with E-state index in [9.17, 15) is 9.59 Å². The smallest absolute Gasteiger partial charge is 0.317 e. The van der Waals surface area contributed by atoms with Crippen LogP contribution in [0.1, 0.15) is 16.7 Å². The van der Waals surface area contributed by atoms with Crippen LogP contribution in [-0.4, -0.2) is 18.0 Å². The van der Waals surface area contributed by atoms with Gasteiger partial charge in [0.15, 0.2) is 0 Å². The van der Waals surface area contributed by atoms with Crippen molar-refractivity contribution in [3.8, 4) is 0 Å². The van der Waals surface area contributed by atoms with Crippen LogP contribution in [0.15, 0.2) is 41.5 Å². The van der Waals surface area contributed by atoms with Crippen LogP contribution in [0.4, 0.5) is 5.69 Å². The molecular weight excluding hydrogens is 349 g/mol. The Morgan fingerprint density at radius 3 is 2.42 bits per heavy atom. The second-order valence-corrected chi connectivity index (χ2v) is 5.96. The molecule has 0 heterocycles. The van der Waals surface area contributed by atoms with Gasteiger partial charge in [0.2, 0.25) is 0 Å². The van der Waals surface area contributed by atoms with Gasteiger partial charge < -0.3 is 5.32 Å². The molecule has 24 heavy (non-hydrogen) atoms. The summed E-state index contributed by atoms with van der Waals surface area (Å²) < 4.78 is 0. The second kappa shape index (κ2) is 7.95. The van der Waals surface area contributed by atoms with Gasteiger partial charge in [-0.2, -0.15) is 5.10 Å². The molecule has 2 aromatic carbocycles. The number of carbonyl (C=O) groups is 2. The van der Waals surface area contributed by atoms with E-state index in [-0.39, 0.29) is 0 Å². The highest BCUT2D eigenvalue weighted by molar-refractivity contribution is 6.42. The molecule has 0 bridgehead atoms. The molecule has 0 saturated carbocycles. The molecule has 0 atom stereocenters. The number of hydrazone groups is 1. The molecule has 7 heteroatoms. The predicted octanol–water partition coefficient (Wildman–Crippen LogP) is 3.70. The number of aryl methyl sites for hydroxylation is 2. The first-order chi connectivity index (χ1) is 11.4. The summed E-state index contributed by atoms with van der Waals surface area (Å²) in [5, 5.41) is 7.06. The lowest BCUT2D eigenvalue weighted by molar-refractivity contribution is -0.136. The third-order valence-electron chi connectivity index (χ3n) is 3.16. The minimum Gasteiger partial charge on any atom is -0.317 e. The molecule has 0 spiro atoms. The van der Waals surface area contributed by atoms with Gasteiger partial charge in [-0.1, -0.05) is 47.0 Å². The predicted molar refractivity (Wildman–Crippen MR) is 96.7 cm³/mol. The molecule has 2 N–H and O–H groups in total. The lowest BCUT2D eigenvalue weighted by Crippen LogP contribution is -2.32. The molecule has 2 amide bonds. The van der Waals surface area contributed by atoms with E-state index >= 15 is 0 Å². The summed E-state index contributed by atoms with van der Waals surface area (Å²) in [5.41, 5.74) is 5.32. The van der Waals surface area contributed by atoms with E-state index in [1.807, 2.05) is 26.0 Å². The maximum absolute atomic E-state index is 11.9. The number of carbonyl (C=O) groups excluding carboxylic acids is 2. The Kier molecular flexibility index (Phi) is 5.95. The molecule has 0 unspecified atom stereocenters. The largest absolute Gasteiger partial charge is 0.329 e. The lowest BCUT2D eigenvalue weighted by atomic mass is 10.1. The van der Waals surface area contributed by atoms with Gasteiger partial charge in [-0.25, -0.2) is 5.43 Å². The average molecular weight is 364 g/mol. The Morgan fingerprint density at radius 2 is 1.75 bits per heavy atom. The van der Waals surface area contributed by atoms with Crippen LogP contribution < -0.4 is 10.7 Å². The van der Waals surface area contributed by atoms with E-state index < -0.39 is 11.8 Å². The van der Waals surface area contributed by atoms with E-state index in [0.717, 1.165) is 11.1 Å². The first kappa shape index (κ1) is 18.0. The molecule has 0 aromatic heterocycles. The zero-order valence-electron chi connectivity index (χ0n) is 13.1. The molecule has 5 nitrogen and oxygen atoms in total. The fourth-order valence-electron chi connectivity index (χ4n) is 1.94. The van der Waals surface area contributed by atoms with Crippen molar-refractivity contribution in [2.45, 2.75) is 13.8 Å². The lowest BCUT2D eigenvalue weighted by Gasteiger charge is -2.08. The van der Waals surface area contributed by atoms with Crippen molar-refractivity contribution in [2.24, 2.45) is 5.10 Å². The van der Waals surface area contributed by atoms with Crippen LogP contribution in [0.25, 0.3) is 0 Å². The fourth-order valence-corrected chi connectivity index (χ4v) is 2.25. The average Bonchev–Trinajstić information content (AvgIpc) is 2.53. The zero-order chi connectivity index (χ0) is 17.7. The minimum absolute atomic E-state index is 0.375. The van der Waals surface area contributed by atoms with Crippen LogP contribution in [0, 0.1) is 13.8 Å². The molecule has 2 aromatic rings. The van der Waals surface area contributed by atoms with E-state index in [0.29, 0.717) is 21.3 Å². The van der Waals surface area contributed by atoms with Crippen LogP contribution in [0.3, 0.4) is 0 Å². The minimum atomic E-state index is -0.869. The van der Waals surface area contributed by atoms with E-state index in [1.165, 1.54) is 6.21 Å². The summed E-state index contributed by atoms with van der Waals surface area (Å²) in [4.78, 5) is 23.6. The Labute approximate surface area is 149 Å². The summed E-state index contributed by atoms with van der Waals surface area (Å²) in [7, 11) is 0. The van der Waals surface area contributed by atoms with Crippen molar-refractivity contribution in [3.63, 3.8) is 0 Å². The monoisotopic (exact) mass is 363 g/mol. The Bertz CT molecular complexity index is 819. The highest BCUT2D eigenvalue weighted by Crippen LogP contribution is 2.21. The molecule has 0 fully saturated rings. The molecule has 0 saturated heterocycles. The fraction of sp³-hybridized carbons (Fsp3) is 0.118. The van der Waals surface area contributed by atoms with Crippen LogP contribution in [-0.2, 0) is 9.59 Å². The SMILES string of the molecule is Cc1ccc(NC(=O)C(=O)N/N=C/c2ccc(Cl)c(Cl)c2)c(C)c1. The summed E-state index contributed by atoms with van der Waals surface area (Å²) in [5.74, 6) is -1.67. The molecule has 2 rings (SSSR count). The van der Waals surface area contributed by atoms with E-state index in [1.54, 1.807) is 24.3 Å². The molecule has 124 valence electrons. The number of amides is 2. The Morgan fingerprint density at radius 1 is 1.00 bits per heavy atom. The number of nitrogens with one attached hydrogen (secondary N) is 2. The number of benzene rings is 2. The van der Waals surface area contributed by atoms with Crippen molar-refractivity contribution in [1.82, 2.24) is 5.43 Å². The number of halogens is 2. The highest BCUT2D eigenvalue weighted by atomic mass is 35.5. The van der Waals surface area contributed by atoms with Gasteiger partial charge in [-0.05, 0) is 43.2 Å². The van der Waals surface area contributed by atoms with Gasteiger partial charge in [0, 0.05) is 5.69 Å². The van der Waals surface area contributed by atoms with Crippen LogP contribution in [0.5, 0.6) is 0 Å². The normalized spacial score (nSPS) is 10.7. The molecule has 0 radical (unpaired) electrons. The van der Waals surface area contributed by atoms with Crippen molar-refractivity contribution in [1.29, 1.82) is 0 Å². The first-order valence-corrected chi connectivity index (χ1v) is 7.79. The summed E-state index contributed by atoms with van der Waals surface area (Å²) in [6.07, 6.45) is 1.37. The summed E-state index contributed by atoms with van der Waals surface area (Å²) in [6.45, 7) is 3.80. The number of anilines is 1. The van der Waals surface area contributed by atoms with E-state index in [4.69, 9.17) is 23.2 Å². The maximum Gasteiger partial charge on any atom is 0.329 e. The topological polar surface area (TPSA) is 70.6 Å². The number of nitrogens with zero attached hydrogens (tertiary/aromatic N) is 1. The molecule has 0 aliphatic heterocycles. The third kappa shape index (κ3) is 4.81. The summed E-state index contributed by atoms with van der Waals surface area (Å²) >= 11 is 11.7. The van der Waals surface area contributed by atoms with E-state index in [2.05, 4.69) is 15.8 Å². The highest BCUT2D eigenvalue weighted by Gasteiger charge is 2.13. The first-order valence-electron chi connectivity index (χ1n) is 7.03. The van der Waals surface area contributed by atoms with Crippen molar-refractivity contribution < 1.29 is 9.59 Å². The molecule has 0 aliphatic rings. The Balaban J connectivity index is 1.95. The zero-order valence-corrected chi connectivity index (χ0v) is 14.6. The second-order valence-electron chi connectivity index (χ2n) is 5.15. The van der Waals surface area contributed by atoms with Gasteiger partial charge in [-0.3, -0.25) is 9.59 Å². The van der Waals surface area contributed by atoms with Crippen molar-refractivity contribution in [2.75, 3.05) is 5.32 Å². The van der Waals surface area contributed by atoms with Gasteiger partial charge >= 0.3 is 11.8 Å². The number of rotatable bonds is 3. The standard InChI is InChI=1S/C17H15Cl2N3O2/c1-10-3-6-15(11(2)7-10)21-16(23)17(24)22-20-9-12-4-5-13(18)14(19)8-12/h3-9H,1-2H3,(H,21,23)(H,22,24)/b20-9+. The van der Waals surface area contributed by atoms with Crippen LogP contribution in [0.2, 0.25) is 10.0 Å². The maximum atomic E-state index is 11.9. The quantitative estimate of drug-likeness (QED) is 0.495. The Hall–Kier alpha value is -2.37. The third-order valence-corrected chi connectivity index (χ3v) is 3.90. The summed E-state index contributed by atoms with van der Waals surface area (Å²) in [6, 6.07) is 10.4. The van der Waals surface area contributed by atoms with Crippen LogP contribution >= 0.6 is 23.2 Å². The van der Waals surface area contributed by atoms with Gasteiger partial charge in [0.1, 0.15) is 0 Å². The molecule has 0 aliphatic carbocycles. The number of hydrogen-bond acceptors (Lipinski definition) is 3. The van der Waals surface area contributed by atoms with Crippen molar-refractivity contribution in [3.05, 3.63) is 63.1 Å². The molecular formula is C17H15Cl2N3O2. The van der Waals surface area contributed by atoms with Gasteiger partial charge in [0.25, 0.3) is 0 Å². The number of hydrogen-bond donors (Lipinski definition) is 2.